The van der Waals surface area contributed by atoms with Gasteiger partial charge < -0.3 is 4.98 Å². The maximum atomic E-state index is 10.5. The van der Waals surface area contributed by atoms with Crippen molar-refractivity contribution >= 4 is 16.9 Å². The number of rotatable bonds is 1. The summed E-state index contributed by atoms with van der Waals surface area (Å²) in [5.74, 6) is 6.28. The molecule has 0 fully saturated rings. The lowest BCUT2D eigenvalue weighted by Crippen LogP contribution is -1.83. The van der Waals surface area contributed by atoms with E-state index in [9.17, 15) is 4.79 Å². The molecule has 0 aliphatic heterocycles. The first kappa shape index (κ1) is 9.87. The first-order valence-electron chi connectivity index (χ1n) is 3.82. The lowest BCUT2D eigenvalue weighted by molar-refractivity contribution is -0.109. The first-order chi connectivity index (χ1) is 6.20. The van der Waals surface area contributed by atoms with Gasteiger partial charge in [-0.25, -0.2) is 4.98 Å². The van der Waals surface area contributed by atoms with E-state index in [0.717, 1.165) is 11.4 Å². The molecule has 0 atom stereocenters. The van der Waals surface area contributed by atoms with Gasteiger partial charge in [0.1, 0.15) is 5.69 Å². The van der Waals surface area contributed by atoms with Crippen LogP contribution in [0, 0.1) is 18.8 Å². The van der Waals surface area contributed by atoms with Gasteiger partial charge in [0.15, 0.2) is 5.12 Å². The van der Waals surface area contributed by atoms with E-state index in [-0.39, 0.29) is 5.12 Å². The number of aromatic amines is 1. The van der Waals surface area contributed by atoms with E-state index >= 15 is 0 Å². The molecule has 0 aliphatic rings. The van der Waals surface area contributed by atoms with Crippen LogP contribution in [0.1, 0.15) is 18.3 Å². The van der Waals surface area contributed by atoms with Gasteiger partial charge in [0.05, 0.1) is 12.1 Å². The summed E-state index contributed by atoms with van der Waals surface area (Å²) in [6.45, 7) is 3.45. The maximum absolute atomic E-state index is 10.5. The van der Waals surface area contributed by atoms with E-state index in [2.05, 4.69) is 21.8 Å². The fourth-order valence-electron chi connectivity index (χ4n) is 0.742. The van der Waals surface area contributed by atoms with Crippen LogP contribution in [-0.2, 0) is 4.79 Å². The van der Waals surface area contributed by atoms with E-state index in [1.54, 1.807) is 6.33 Å². The smallest absolute Gasteiger partial charge is 0.186 e. The number of carbonyl (C=O) groups excluding carboxylic acids is 1. The van der Waals surface area contributed by atoms with Gasteiger partial charge in [-0.3, -0.25) is 4.79 Å². The van der Waals surface area contributed by atoms with Crippen molar-refractivity contribution in [3.8, 4) is 11.8 Å². The summed E-state index contributed by atoms with van der Waals surface area (Å²) in [6, 6.07) is 0. The molecule has 68 valence electrons. The van der Waals surface area contributed by atoms with Crippen LogP contribution < -0.4 is 0 Å². The molecule has 13 heavy (non-hydrogen) atoms. The van der Waals surface area contributed by atoms with E-state index in [1.165, 1.54) is 18.7 Å². The Morgan fingerprint density at radius 2 is 2.54 bits per heavy atom. The molecule has 1 N–H and O–H groups in total. The molecule has 1 heterocycles. The standard InChI is InChI=1S/C9H10N2OS/c1-7-9(11-6-10-7)4-3-5-13-8(2)12/h6H,5H2,1-2H3,(H,10,11). The zero-order chi connectivity index (χ0) is 9.68. The fraction of sp³-hybridized carbons (Fsp3) is 0.333. The lowest BCUT2D eigenvalue weighted by atomic mass is 10.3. The van der Waals surface area contributed by atoms with Crippen LogP contribution in [0.25, 0.3) is 0 Å². The Kier molecular flexibility index (Phi) is 3.59. The number of carbonyl (C=O) groups is 1. The van der Waals surface area contributed by atoms with Crippen molar-refractivity contribution in [2.45, 2.75) is 13.8 Å². The topological polar surface area (TPSA) is 45.8 Å². The number of nitrogens with one attached hydrogen (secondary N) is 1. The normalized spacial score (nSPS) is 9.08. The Morgan fingerprint density at radius 1 is 1.77 bits per heavy atom. The molecule has 4 heteroatoms. The van der Waals surface area contributed by atoms with Crippen molar-refractivity contribution in [1.82, 2.24) is 9.97 Å². The molecule has 3 nitrogen and oxygen atoms in total. The van der Waals surface area contributed by atoms with Crippen LogP contribution in [0.2, 0.25) is 0 Å². The molecule has 0 radical (unpaired) electrons. The van der Waals surface area contributed by atoms with Gasteiger partial charge in [-0.05, 0) is 12.8 Å². The van der Waals surface area contributed by atoms with E-state index < -0.39 is 0 Å². The largest absolute Gasteiger partial charge is 0.348 e. The second-order valence-electron chi connectivity index (χ2n) is 2.46. The quantitative estimate of drug-likeness (QED) is 0.686. The highest BCUT2D eigenvalue weighted by atomic mass is 32.2. The van der Waals surface area contributed by atoms with E-state index in [4.69, 9.17) is 0 Å². The Morgan fingerprint density at radius 3 is 3.08 bits per heavy atom. The molecular weight excluding hydrogens is 184 g/mol. The van der Waals surface area contributed by atoms with Crippen LogP contribution in [-0.4, -0.2) is 20.8 Å². The predicted molar refractivity (Wildman–Crippen MR) is 53.3 cm³/mol. The summed E-state index contributed by atoms with van der Waals surface area (Å²) < 4.78 is 0. The van der Waals surface area contributed by atoms with Crippen molar-refractivity contribution in [1.29, 1.82) is 0 Å². The van der Waals surface area contributed by atoms with Crippen LogP contribution in [0.4, 0.5) is 0 Å². The molecule has 0 unspecified atom stereocenters. The number of thioether (sulfide) groups is 1. The average Bonchev–Trinajstić information content (AvgIpc) is 2.45. The Bertz CT molecular complexity index is 359. The van der Waals surface area contributed by atoms with Crippen LogP contribution in [0.5, 0.6) is 0 Å². The third kappa shape index (κ3) is 3.34. The molecule has 1 aromatic heterocycles. The second-order valence-corrected chi connectivity index (χ2v) is 3.61. The minimum Gasteiger partial charge on any atom is -0.348 e. The maximum Gasteiger partial charge on any atom is 0.186 e. The van der Waals surface area contributed by atoms with E-state index in [0.29, 0.717) is 5.75 Å². The zero-order valence-electron chi connectivity index (χ0n) is 7.55. The van der Waals surface area contributed by atoms with E-state index in [1.807, 2.05) is 6.92 Å². The van der Waals surface area contributed by atoms with Gasteiger partial charge in [-0.1, -0.05) is 17.7 Å². The number of aryl methyl sites for hydroxylation is 1. The zero-order valence-corrected chi connectivity index (χ0v) is 8.36. The molecular formula is C9H10N2OS. The Hall–Kier alpha value is -1.21. The minimum atomic E-state index is 0.0908. The van der Waals surface area contributed by atoms with Crippen molar-refractivity contribution in [3.05, 3.63) is 17.7 Å². The second kappa shape index (κ2) is 4.73. The van der Waals surface area contributed by atoms with Crippen molar-refractivity contribution in [3.63, 3.8) is 0 Å². The lowest BCUT2D eigenvalue weighted by Gasteiger charge is -1.85. The first-order valence-corrected chi connectivity index (χ1v) is 4.81. The highest BCUT2D eigenvalue weighted by molar-refractivity contribution is 8.13. The Labute approximate surface area is 81.3 Å². The molecule has 0 bridgehead atoms. The summed E-state index contributed by atoms with van der Waals surface area (Å²) in [7, 11) is 0. The number of aromatic nitrogens is 2. The average molecular weight is 194 g/mol. The van der Waals surface area contributed by atoms with Gasteiger partial charge in [0.2, 0.25) is 0 Å². The van der Waals surface area contributed by atoms with Crippen molar-refractivity contribution < 1.29 is 4.79 Å². The molecule has 0 aliphatic carbocycles. The van der Waals surface area contributed by atoms with Gasteiger partial charge in [0.25, 0.3) is 0 Å². The van der Waals surface area contributed by atoms with Crippen LogP contribution >= 0.6 is 11.8 Å². The summed E-state index contributed by atoms with van der Waals surface area (Å²) >= 11 is 1.21. The molecule has 0 saturated heterocycles. The molecule has 1 aromatic rings. The van der Waals surface area contributed by atoms with Crippen LogP contribution in [0.15, 0.2) is 6.33 Å². The summed E-state index contributed by atoms with van der Waals surface area (Å²) in [5.41, 5.74) is 1.71. The van der Waals surface area contributed by atoms with Gasteiger partial charge >= 0.3 is 0 Å². The minimum absolute atomic E-state index is 0.0908. The Balaban J connectivity index is 2.49. The highest BCUT2D eigenvalue weighted by Crippen LogP contribution is 2.00. The molecule has 1 rings (SSSR count). The number of hydrogen-bond donors (Lipinski definition) is 1. The summed E-state index contributed by atoms with van der Waals surface area (Å²) in [6.07, 6.45) is 1.61. The monoisotopic (exact) mass is 194 g/mol. The number of hydrogen-bond acceptors (Lipinski definition) is 3. The van der Waals surface area contributed by atoms with Crippen molar-refractivity contribution in [2.75, 3.05) is 5.75 Å². The highest BCUT2D eigenvalue weighted by Gasteiger charge is 1.94. The van der Waals surface area contributed by atoms with Crippen molar-refractivity contribution in [2.24, 2.45) is 0 Å². The SMILES string of the molecule is CC(=O)SCC#Cc1nc[nH]c1C. The third-order valence-electron chi connectivity index (χ3n) is 1.38. The fourth-order valence-corrected chi connectivity index (χ4v) is 1.09. The predicted octanol–water partition coefficient (Wildman–Crippen LogP) is 1.35. The number of nitrogens with zero attached hydrogens (tertiary/aromatic N) is 1. The van der Waals surface area contributed by atoms with Gasteiger partial charge in [-0.2, -0.15) is 0 Å². The summed E-state index contributed by atoms with van der Waals surface area (Å²) in [5, 5.41) is 0.0908. The third-order valence-corrected chi connectivity index (χ3v) is 2.08. The van der Waals surface area contributed by atoms with Crippen LogP contribution in [0.3, 0.4) is 0 Å². The van der Waals surface area contributed by atoms with Gasteiger partial charge in [-0.15, -0.1) is 0 Å². The molecule has 0 saturated carbocycles. The molecule has 0 amide bonds. The van der Waals surface area contributed by atoms with Gasteiger partial charge in [0, 0.05) is 12.6 Å². The molecule has 0 aromatic carbocycles. The number of H-pyrrole nitrogens is 1. The number of imidazole rings is 1. The molecule has 0 spiro atoms. The summed E-state index contributed by atoms with van der Waals surface area (Å²) in [4.78, 5) is 17.5.